The van der Waals surface area contributed by atoms with Crippen LogP contribution in [-0.4, -0.2) is 32.1 Å². The maximum absolute atomic E-state index is 9.12. The molecule has 0 bridgehead atoms. The molecule has 0 spiro atoms. The Hall–Kier alpha value is -1.12. The van der Waals surface area contributed by atoms with Gasteiger partial charge in [-0.1, -0.05) is 6.07 Å². The highest BCUT2D eigenvalue weighted by atomic mass is 32.2. The summed E-state index contributed by atoms with van der Waals surface area (Å²) in [4.78, 5) is 0. The number of hydrogen-bond acceptors (Lipinski definition) is 4. The first-order chi connectivity index (χ1) is 8.74. The molecule has 1 aromatic carbocycles. The second-order valence-electron chi connectivity index (χ2n) is 4.17. The molecule has 0 aliphatic heterocycles. The molecule has 1 fully saturated rings. The van der Waals surface area contributed by atoms with E-state index in [1.54, 1.807) is 30.0 Å². The Morgan fingerprint density at radius 1 is 1.42 bits per heavy atom. The lowest BCUT2D eigenvalue weighted by molar-refractivity contribution is 0.116. The second-order valence-corrected chi connectivity index (χ2v) is 4.99. The Kier molecular flexibility index (Phi) is 9.19. The first-order valence-corrected chi connectivity index (χ1v) is 7.59. The third-order valence-electron chi connectivity index (χ3n) is 2.71. The zero-order valence-electron chi connectivity index (χ0n) is 10.8. The molecular formula is C14H22BNO2S. The SMILES string of the molecule is B.CSC.N#Cc1ccc(CO)c(OC2CCC2)c1. The van der Waals surface area contributed by atoms with Crippen molar-refractivity contribution in [2.75, 3.05) is 12.5 Å². The zero-order valence-corrected chi connectivity index (χ0v) is 11.7. The number of ether oxygens (including phenoxy) is 1. The van der Waals surface area contributed by atoms with Crippen LogP contribution in [-0.2, 0) is 6.61 Å². The Morgan fingerprint density at radius 2 is 2.05 bits per heavy atom. The molecule has 0 aromatic heterocycles. The number of nitrogens with zero attached hydrogens (tertiary/aromatic N) is 1. The zero-order chi connectivity index (χ0) is 13.4. The fraction of sp³-hybridized carbons (Fsp3) is 0.500. The van der Waals surface area contributed by atoms with Crippen LogP contribution >= 0.6 is 11.8 Å². The quantitative estimate of drug-likeness (QED) is 0.857. The van der Waals surface area contributed by atoms with E-state index in [9.17, 15) is 0 Å². The number of aliphatic hydroxyl groups is 1. The summed E-state index contributed by atoms with van der Waals surface area (Å²) in [6.07, 6.45) is 7.70. The number of hydrogen-bond donors (Lipinski definition) is 1. The molecule has 0 radical (unpaired) electrons. The Morgan fingerprint density at radius 3 is 2.47 bits per heavy atom. The van der Waals surface area contributed by atoms with Crippen molar-refractivity contribution in [3.8, 4) is 11.8 Å². The molecule has 2 rings (SSSR count). The molecule has 1 N–H and O–H groups in total. The number of rotatable bonds is 3. The van der Waals surface area contributed by atoms with Crippen LogP contribution in [0, 0.1) is 11.3 Å². The van der Waals surface area contributed by atoms with Gasteiger partial charge in [0.05, 0.1) is 32.8 Å². The average Bonchev–Trinajstić information content (AvgIpc) is 2.34. The Labute approximate surface area is 121 Å². The highest BCUT2D eigenvalue weighted by Gasteiger charge is 2.20. The summed E-state index contributed by atoms with van der Waals surface area (Å²) in [5.74, 6) is 0.654. The smallest absolute Gasteiger partial charge is 0.126 e. The van der Waals surface area contributed by atoms with Crippen LogP contribution in [0.4, 0.5) is 0 Å². The lowest BCUT2D eigenvalue weighted by Gasteiger charge is -2.27. The van der Waals surface area contributed by atoms with Gasteiger partial charge in [0.2, 0.25) is 0 Å². The summed E-state index contributed by atoms with van der Waals surface area (Å²) in [7, 11) is 0. The van der Waals surface area contributed by atoms with E-state index in [2.05, 4.69) is 6.07 Å². The minimum atomic E-state index is -0.0479. The molecule has 0 atom stereocenters. The summed E-state index contributed by atoms with van der Waals surface area (Å²) in [5.41, 5.74) is 1.32. The van der Waals surface area contributed by atoms with Gasteiger partial charge in [-0.25, -0.2) is 0 Å². The van der Waals surface area contributed by atoms with E-state index in [-0.39, 0.29) is 21.1 Å². The lowest BCUT2D eigenvalue weighted by Crippen LogP contribution is -2.25. The number of thioether (sulfide) groups is 1. The van der Waals surface area contributed by atoms with Gasteiger partial charge < -0.3 is 9.84 Å². The van der Waals surface area contributed by atoms with E-state index in [1.165, 1.54) is 6.42 Å². The van der Waals surface area contributed by atoms with Gasteiger partial charge >= 0.3 is 0 Å². The highest BCUT2D eigenvalue weighted by Crippen LogP contribution is 2.28. The summed E-state index contributed by atoms with van der Waals surface area (Å²) in [6, 6.07) is 7.20. The Bertz CT molecular complexity index is 416. The van der Waals surface area contributed by atoms with Crippen LogP contribution in [0.1, 0.15) is 30.4 Å². The van der Waals surface area contributed by atoms with Crippen molar-refractivity contribution >= 4 is 20.2 Å². The van der Waals surface area contributed by atoms with Crippen LogP contribution in [0.3, 0.4) is 0 Å². The van der Waals surface area contributed by atoms with E-state index in [0.717, 1.165) is 18.4 Å². The Balaban J connectivity index is 0.000000742. The summed E-state index contributed by atoms with van der Waals surface area (Å²) in [6.45, 7) is -0.0479. The van der Waals surface area contributed by atoms with Gasteiger partial charge in [-0.15, -0.1) is 0 Å². The predicted octanol–water partition coefficient (Wildman–Crippen LogP) is 1.78. The van der Waals surface area contributed by atoms with Gasteiger partial charge in [0.15, 0.2) is 0 Å². The van der Waals surface area contributed by atoms with Crippen molar-refractivity contribution in [1.82, 2.24) is 0 Å². The number of aliphatic hydroxyl groups excluding tert-OH is 1. The molecule has 1 aliphatic rings. The van der Waals surface area contributed by atoms with Crippen molar-refractivity contribution in [3.63, 3.8) is 0 Å². The van der Waals surface area contributed by atoms with Gasteiger partial charge in [-0.05, 0) is 43.9 Å². The largest absolute Gasteiger partial charge is 0.490 e. The van der Waals surface area contributed by atoms with E-state index < -0.39 is 0 Å². The maximum Gasteiger partial charge on any atom is 0.126 e. The van der Waals surface area contributed by atoms with Crippen LogP contribution < -0.4 is 4.74 Å². The van der Waals surface area contributed by atoms with Gasteiger partial charge in [0.25, 0.3) is 0 Å². The molecule has 1 aliphatic carbocycles. The van der Waals surface area contributed by atoms with E-state index >= 15 is 0 Å². The third-order valence-corrected chi connectivity index (χ3v) is 2.71. The second kappa shape index (κ2) is 9.77. The van der Waals surface area contributed by atoms with Crippen molar-refractivity contribution < 1.29 is 9.84 Å². The van der Waals surface area contributed by atoms with E-state index in [4.69, 9.17) is 15.1 Å². The molecule has 1 saturated carbocycles. The first-order valence-electron chi connectivity index (χ1n) is 5.95. The fourth-order valence-electron chi connectivity index (χ4n) is 1.53. The molecule has 0 unspecified atom stereocenters. The average molecular weight is 279 g/mol. The minimum absolute atomic E-state index is 0. The van der Waals surface area contributed by atoms with Gasteiger partial charge in [-0.2, -0.15) is 17.0 Å². The maximum atomic E-state index is 9.12. The first kappa shape index (κ1) is 17.9. The van der Waals surface area contributed by atoms with Gasteiger partial charge in [0.1, 0.15) is 5.75 Å². The highest BCUT2D eigenvalue weighted by molar-refractivity contribution is 7.97. The van der Waals surface area contributed by atoms with E-state index in [1.807, 2.05) is 12.5 Å². The molecule has 0 heterocycles. The standard InChI is InChI=1S/C12H13NO2.C2H6S.BH3/c13-7-9-4-5-10(8-14)12(6-9)15-11-2-1-3-11;1-3-2;/h4-6,11,14H,1-3,8H2;1-2H3;1H3. The van der Waals surface area contributed by atoms with Gasteiger partial charge in [0, 0.05) is 5.56 Å². The van der Waals surface area contributed by atoms with Crippen molar-refractivity contribution in [3.05, 3.63) is 29.3 Å². The number of benzene rings is 1. The summed E-state index contributed by atoms with van der Waals surface area (Å²) < 4.78 is 5.70. The lowest BCUT2D eigenvalue weighted by atomic mass is 9.96. The predicted molar refractivity (Wildman–Crippen MR) is 84.7 cm³/mol. The number of nitriles is 1. The molecule has 19 heavy (non-hydrogen) atoms. The monoisotopic (exact) mass is 279 g/mol. The summed E-state index contributed by atoms with van der Waals surface area (Å²) in [5, 5.41) is 17.9. The summed E-state index contributed by atoms with van der Waals surface area (Å²) >= 11 is 1.75. The normalized spacial score (nSPS) is 13.2. The van der Waals surface area contributed by atoms with Crippen molar-refractivity contribution in [1.29, 1.82) is 5.26 Å². The molecular weight excluding hydrogens is 257 g/mol. The topological polar surface area (TPSA) is 53.2 Å². The van der Waals surface area contributed by atoms with Crippen molar-refractivity contribution in [2.24, 2.45) is 0 Å². The molecule has 0 amide bonds. The molecule has 3 nitrogen and oxygen atoms in total. The van der Waals surface area contributed by atoms with E-state index in [0.29, 0.717) is 11.3 Å². The third kappa shape index (κ3) is 5.58. The molecule has 104 valence electrons. The van der Waals surface area contributed by atoms with Crippen LogP contribution in [0.25, 0.3) is 0 Å². The molecule has 1 aromatic rings. The fourth-order valence-corrected chi connectivity index (χ4v) is 1.53. The molecule has 5 heteroatoms. The van der Waals surface area contributed by atoms with Crippen LogP contribution in [0.5, 0.6) is 5.75 Å². The molecule has 0 saturated heterocycles. The van der Waals surface area contributed by atoms with Crippen LogP contribution in [0.2, 0.25) is 0 Å². The minimum Gasteiger partial charge on any atom is -0.490 e. The van der Waals surface area contributed by atoms with Crippen molar-refractivity contribution in [2.45, 2.75) is 32.0 Å². The van der Waals surface area contributed by atoms with Crippen LogP contribution in [0.15, 0.2) is 18.2 Å². The van der Waals surface area contributed by atoms with Gasteiger partial charge in [-0.3, -0.25) is 0 Å².